The van der Waals surface area contributed by atoms with Crippen molar-refractivity contribution < 1.29 is 14.3 Å². The van der Waals surface area contributed by atoms with Gasteiger partial charge in [-0.2, -0.15) is 0 Å². The molecule has 2 amide bonds. The fraction of sp³-hybridized carbons (Fsp3) is 0.514. The topological polar surface area (TPSA) is 72.1 Å². The molecule has 1 saturated heterocycles. The van der Waals surface area contributed by atoms with E-state index in [2.05, 4.69) is 56.1 Å². The Bertz CT molecular complexity index is 1740. The first-order chi connectivity index (χ1) is 20.7. The Morgan fingerprint density at radius 1 is 1.07 bits per heavy atom. The van der Waals surface area contributed by atoms with Crippen LogP contribution in [0.25, 0.3) is 27.9 Å². The minimum absolute atomic E-state index is 0.0403. The summed E-state index contributed by atoms with van der Waals surface area (Å²) in [6.45, 7) is 15.9. The SMILES string of the molecule is Cc1c(-c2c(Br)c3ccccc3n2CC2CC2)nc2cc(C(=O)N3CCC[C@@H](N(C(=O)OC(C)(C)C)C(C)(C)C)C3)ccn12. The molecule has 3 aromatic heterocycles. The van der Waals surface area contributed by atoms with Crippen LogP contribution in [0.1, 0.15) is 83.3 Å². The molecule has 1 aliphatic heterocycles. The van der Waals surface area contributed by atoms with Crippen molar-refractivity contribution in [3.63, 3.8) is 0 Å². The molecule has 0 spiro atoms. The zero-order valence-corrected chi connectivity index (χ0v) is 28.6. The van der Waals surface area contributed by atoms with Crippen molar-refractivity contribution in [3.8, 4) is 11.4 Å². The maximum Gasteiger partial charge on any atom is 0.411 e. The third-order valence-corrected chi connectivity index (χ3v) is 9.55. The Balaban J connectivity index is 1.30. The fourth-order valence-electron chi connectivity index (χ4n) is 6.58. The zero-order valence-electron chi connectivity index (χ0n) is 27.0. The van der Waals surface area contributed by atoms with Gasteiger partial charge in [-0.15, -0.1) is 0 Å². The first-order valence-electron chi connectivity index (χ1n) is 15.8. The lowest BCUT2D eigenvalue weighted by atomic mass is 9.97. The molecule has 234 valence electrons. The summed E-state index contributed by atoms with van der Waals surface area (Å²) >= 11 is 3.92. The molecule has 44 heavy (non-hydrogen) atoms. The van der Waals surface area contributed by atoms with E-state index in [1.165, 1.54) is 23.7 Å². The van der Waals surface area contributed by atoms with Gasteiger partial charge in [0.05, 0.1) is 16.2 Å². The molecule has 2 fully saturated rings. The largest absolute Gasteiger partial charge is 0.444 e. The van der Waals surface area contributed by atoms with Gasteiger partial charge >= 0.3 is 6.09 Å². The number of rotatable bonds is 5. The van der Waals surface area contributed by atoms with Gasteiger partial charge in [0.25, 0.3) is 5.91 Å². The molecule has 1 atom stereocenters. The average Bonchev–Trinajstić information content (AvgIpc) is 3.66. The molecular weight excluding hydrogens is 618 g/mol. The highest BCUT2D eigenvalue weighted by Crippen LogP contribution is 2.42. The minimum Gasteiger partial charge on any atom is -0.444 e. The minimum atomic E-state index is -0.594. The van der Waals surface area contributed by atoms with E-state index in [4.69, 9.17) is 9.72 Å². The normalized spacial score (nSPS) is 17.8. The highest BCUT2D eigenvalue weighted by Gasteiger charge is 2.39. The van der Waals surface area contributed by atoms with Gasteiger partial charge in [-0.3, -0.25) is 9.69 Å². The van der Waals surface area contributed by atoms with Gasteiger partial charge < -0.3 is 18.6 Å². The summed E-state index contributed by atoms with van der Waals surface area (Å²) in [7, 11) is 0. The van der Waals surface area contributed by atoms with E-state index in [-0.39, 0.29) is 18.0 Å². The number of pyridine rings is 1. The van der Waals surface area contributed by atoms with E-state index in [1.807, 2.05) is 69.7 Å². The van der Waals surface area contributed by atoms with Gasteiger partial charge in [-0.05, 0) is 114 Å². The molecule has 6 rings (SSSR count). The molecule has 1 aromatic carbocycles. The number of aromatic nitrogens is 3. The smallest absolute Gasteiger partial charge is 0.411 e. The number of para-hydroxylation sites is 1. The molecular formula is C35H44BrN5O3. The number of fused-ring (bicyclic) bond motifs is 2. The van der Waals surface area contributed by atoms with Crippen molar-refractivity contribution >= 4 is 44.5 Å². The molecule has 4 aromatic rings. The quantitative estimate of drug-likeness (QED) is 0.217. The van der Waals surface area contributed by atoms with Crippen LogP contribution in [0, 0.1) is 12.8 Å². The predicted octanol–water partition coefficient (Wildman–Crippen LogP) is 8.08. The second-order valence-electron chi connectivity index (χ2n) is 14.5. The molecule has 4 heterocycles. The lowest BCUT2D eigenvalue weighted by Gasteiger charge is -2.45. The Labute approximate surface area is 268 Å². The molecule has 0 bridgehead atoms. The van der Waals surface area contributed by atoms with E-state index in [0.717, 1.165) is 46.6 Å². The van der Waals surface area contributed by atoms with E-state index in [9.17, 15) is 9.59 Å². The Kier molecular flexibility index (Phi) is 7.83. The van der Waals surface area contributed by atoms with Crippen LogP contribution < -0.4 is 0 Å². The standard InChI is InChI=1S/C35H44BrN5O3/c1-22-30(31-29(36)26-12-8-9-13-27(26)40(31)20-23-14-15-23)37-28-19-24(16-18-39(22)28)32(42)38-17-10-11-25(21-38)41(34(2,3)4)33(43)44-35(5,6)7/h8-9,12-13,16,18-19,23,25H,10-11,14-15,17,20-21H2,1-7H3/t25-/m1/s1. The maximum atomic E-state index is 13.9. The van der Waals surface area contributed by atoms with Crippen LogP contribution in [0.15, 0.2) is 47.1 Å². The number of imidazole rings is 1. The Hall–Kier alpha value is -3.33. The van der Waals surface area contributed by atoms with E-state index >= 15 is 0 Å². The number of amides is 2. The summed E-state index contributed by atoms with van der Waals surface area (Å²) in [5.41, 5.74) is 4.58. The number of nitrogens with zero attached hydrogens (tertiary/aromatic N) is 5. The van der Waals surface area contributed by atoms with Crippen molar-refractivity contribution in [1.29, 1.82) is 0 Å². The highest BCUT2D eigenvalue weighted by molar-refractivity contribution is 9.10. The zero-order chi connectivity index (χ0) is 31.6. The van der Waals surface area contributed by atoms with Crippen LogP contribution in [0.4, 0.5) is 4.79 Å². The monoisotopic (exact) mass is 661 g/mol. The van der Waals surface area contributed by atoms with Crippen molar-refractivity contribution in [2.75, 3.05) is 13.1 Å². The highest BCUT2D eigenvalue weighted by atomic mass is 79.9. The van der Waals surface area contributed by atoms with Crippen molar-refractivity contribution in [2.45, 2.75) is 97.9 Å². The summed E-state index contributed by atoms with van der Waals surface area (Å²) in [5, 5.41) is 1.19. The van der Waals surface area contributed by atoms with Gasteiger partial charge in [0, 0.05) is 53.5 Å². The molecule has 0 N–H and O–H groups in total. The second kappa shape index (κ2) is 11.2. The number of benzene rings is 1. The van der Waals surface area contributed by atoms with Crippen LogP contribution in [-0.4, -0.2) is 66.0 Å². The van der Waals surface area contributed by atoms with Crippen LogP contribution >= 0.6 is 15.9 Å². The van der Waals surface area contributed by atoms with Crippen LogP contribution in [0.5, 0.6) is 0 Å². The maximum absolute atomic E-state index is 13.9. The number of hydrogen-bond acceptors (Lipinski definition) is 4. The van der Waals surface area contributed by atoms with Crippen molar-refractivity contribution in [2.24, 2.45) is 5.92 Å². The van der Waals surface area contributed by atoms with Gasteiger partial charge in [-0.25, -0.2) is 9.78 Å². The molecule has 1 saturated carbocycles. The molecule has 8 nitrogen and oxygen atoms in total. The number of ether oxygens (including phenoxy) is 1. The average molecular weight is 663 g/mol. The van der Waals surface area contributed by atoms with Gasteiger partial charge in [0.15, 0.2) is 0 Å². The molecule has 9 heteroatoms. The fourth-order valence-corrected chi connectivity index (χ4v) is 7.32. The Morgan fingerprint density at radius 3 is 2.48 bits per heavy atom. The first kappa shape index (κ1) is 30.7. The van der Waals surface area contributed by atoms with Crippen LogP contribution in [-0.2, 0) is 11.3 Å². The summed E-state index contributed by atoms with van der Waals surface area (Å²) in [4.78, 5) is 36.0. The number of carbonyl (C=O) groups is 2. The second-order valence-corrected chi connectivity index (χ2v) is 15.3. The van der Waals surface area contributed by atoms with Gasteiger partial charge in [0.1, 0.15) is 16.9 Å². The predicted molar refractivity (Wildman–Crippen MR) is 178 cm³/mol. The molecule has 0 unspecified atom stereocenters. The number of carbonyl (C=O) groups excluding carboxylic acids is 2. The number of hydrogen-bond donors (Lipinski definition) is 0. The van der Waals surface area contributed by atoms with E-state index in [1.54, 1.807) is 0 Å². The van der Waals surface area contributed by atoms with Gasteiger partial charge in [-0.1, -0.05) is 18.2 Å². The first-order valence-corrected chi connectivity index (χ1v) is 16.6. The van der Waals surface area contributed by atoms with Crippen LogP contribution in [0.2, 0.25) is 0 Å². The lowest BCUT2D eigenvalue weighted by Crippen LogP contribution is -2.58. The summed E-state index contributed by atoms with van der Waals surface area (Å²) < 4.78 is 11.3. The van der Waals surface area contributed by atoms with E-state index in [0.29, 0.717) is 24.6 Å². The van der Waals surface area contributed by atoms with Crippen molar-refractivity contribution in [3.05, 3.63) is 58.3 Å². The number of piperidine rings is 1. The molecule has 1 aliphatic carbocycles. The third kappa shape index (κ3) is 5.87. The third-order valence-electron chi connectivity index (χ3n) is 8.74. The van der Waals surface area contributed by atoms with Crippen LogP contribution in [0.3, 0.4) is 0 Å². The van der Waals surface area contributed by atoms with Gasteiger partial charge in [0.2, 0.25) is 0 Å². The lowest BCUT2D eigenvalue weighted by molar-refractivity contribution is -0.0188. The number of likely N-dealkylation sites (tertiary alicyclic amines) is 1. The van der Waals surface area contributed by atoms with E-state index < -0.39 is 11.1 Å². The summed E-state index contributed by atoms with van der Waals surface area (Å²) in [6, 6.07) is 12.2. The molecule has 2 aliphatic rings. The number of halogens is 1. The Morgan fingerprint density at radius 2 is 1.80 bits per heavy atom. The molecule has 0 radical (unpaired) electrons. The van der Waals surface area contributed by atoms with Crippen molar-refractivity contribution in [1.82, 2.24) is 23.8 Å². The number of aryl methyl sites for hydroxylation is 1. The summed E-state index contributed by atoms with van der Waals surface area (Å²) in [5.74, 6) is 0.664. The summed E-state index contributed by atoms with van der Waals surface area (Å²) in [6.07, 6.45) is 5.80.